The predicted octanol–water partition coefficient (Wildman–Crippen LogP) is 3.34. The van der Waals surface area contributed by atoms with Crippen LogP contribution in [0.1, 0.15) is 37.4 Å². The molecule has 96 valence electrons. The van der Waals surface area contributed by atoms with Gasteiger partial charge in [0.2, 0.25) is 0 Å². The van der Waals surface area contributed by atoms with Gasteiger partial charge in [-0.15, -0.1) is 0 Å². The Morgan fingerprint density at radius 3 is 2.89 bits per heavy atom. The van der Waals surface area contributed by atoms with Crippen molar-refractivity contribution < 1.29 is 4.79 Å². The Labute approximate surface area is 109 Å². The Morgan fingerprint density at radius 2 is 2.17 bits per heavy atom. The third-order valence-electron chi connectivity index (χ3n) is 3.50. The average Bonchev–Trinajstić information content (AvgIpc) is 2.37. The molecule has 1 heterocycles. The summed E-state index contributed by atoms with van der Waals surface area (Å²) in [6.07, 6.45) is 6.58. The van der Waals surface area contributed by atoms with Crippen LogP contribution >= 0.6 is 0 Å². The molecule has 0 radical (unpaired) electrons. The number of rotatable bonds is 4. The van der Waals surface area contributed by atoms with Crippen molar-refractivity contribution in [2.75, 3.05) is 6.54 Å². The summed E-state index contributed by atoms with van der Waals surface area (Å²) < 4.78 is 0. The zero-order chi connectivity index (χ0) is 13.0. The SMILES string of the molecule is CC(C)CC1c2ccccc2CCN1C=CC=O. The van der Waals surface area contributed by atoms with Crippen LogP contribution in [0.3, 0.4) is 0 Å². The van der Waals surface area contributed by atoms with Gasteiger partial charge < -0.3 is 4.90 Å². The molecule has 1 aromatic carbocycles. The zero-order valence-electron chi connectivity index (χ0n) is 11.2. The van der Waals surface area contributed by atoms with Gasteiger partial charge in [0.15, 0.2) is 0 Å². The van der Waals surface area contributed by atoms with E-state index in [9.17, 15) is 4.79 Å². The quantitative estimate of drug-likeness (QED) is 0.597. The first-order valence-corrected chi connectivity index (χ1v) is 6.68. The Kier molecular flexibility index (Phi) is 4.19. The Morgan fingerprint density at radius 1 is 1.39 bits per heavy atom. The average molecular weight is 243 g/mol. The molecule has 1 aliphatic rings. The number of carbonyl (C=O) groups is 1. The largest absolute Gasteiger partial charge is 0.370 e. The lowest BCUT2D eigenvalue weighted by molar-refractivity contribution is -0.104. The summed E-state index contributed by atoms with van der Waals surface area (Å²) in [5.74, 6) is 0.647. The van der Waals surface area contributed by atoms with Gasteiger partial charge in [0.1, 0.15) is 6.29 Å². The first kappa shape index (κ1) is 12.9. The van der Waals surface area contributed by atoms with E-state index in [-0.39, 0.29) is 0 Å². The van der Waals surface area contributed by atoms with E-state index in [0.29, 0.717) is 12.0 Å². The highest BCUT2D eigenvalue weighted by atomic mass is 16.1. The highest BCUT2D eigenvalue weighted by Crippen LogP contribution is 2.34. The predicted molar refractivity (Wildman–Crippen MR) is 74.3 cm³/mol. The molecule has 1 aliphatic heterocycles. The Hall–Kier alpha value is -1.57. The van der Waals surface area contributed by atoms with Crippen molar-refractivity contribution in [3.8, 4) is 0 Å². The van der Waals surface area contributed by atoms with Crippen molar-refractivity contribution in [2.45, 2.75) is 32.7 Å². The molecule has 1 aromatic rings. The van der Waals surface area contributed by atoms with Crippen molar-refractivity contribution in [1.29, 1.82) is 0 Å². The summed E-state index contributed by atoms with van der Waals surface area (Å²) in [4.78, 5) is 12.8. The minimum Gasteiger partial charge on any atom is -0.370 e. The van der Waals surface area contributed by atoms with Crippen LogP contribution in [0.5, 0.6) is 0 Å². The maximum atomic E-state index is 10.5. The van der Waals surface area contributed by atoms with Crippen molar-refractivity contribution in [2.24, 2.45) is 5.92 Å². The molecular formula is C16H21NO. The van der Waals surface area contributed by atoms with Crippen LogP contribution in [0.4, 0.5) is 0 Å². The van der Waals surface area contributed by atoms with E-state index in [1.807, 2.05) is 6.20 Å². The van der Waals surface area contributed by atoms with Crippen molar-refractivity contribution >= 4 is 6.29 Å². The van der Waals surface area contributed by atoms with Gasteiger partial charge in [-0.05, 0) is 36.0 Å². The van der Waals surface area contributed by atoms with E-state index in [1.54, 1.807) is 6.08 Å². The molecule has 0 N–H and O–H groups in total. The lowest BCUT2D eigenvalue weighted by atomic mass is 9.88. The van der Waals surface area contributed by atoms with E-state index in [2.05, 4.69) is 43.0 Å². The standard InChI is InChI=1S/C16H21NO/c1-13(2)12-16-15-7-4-3-6-14(15)8-10-17(16)9-5-11-18/h3-7,9,11,13,16H,8,10,12H2,1-2H3. The highest BCUT2D eigenvalue weighted by molar-refractivity contribution is 5.64. The van der Waals surface area contributed by atoms with Crippen LogP contribution in [0.2, 0.25) is 0 Å². The molecule has 0 spiro atoms. The molecule has 0 aliphatic carbocycles. The molecule has 0 saturated carbocycles. The van der Waals surface area contributed by atoms with Gasteiger partial charge in [-0.1, -0.05) is 38.1 Å². The lowest BCUT2D eigenvalue weighted by Gasteiger charge is -2.37. The van der Waals surface area contributed by atoms with Gasteiger partial charge in [-0.2, -0.15) is 0 Å². The first-order valence-electron chi connectivity index (χ1n) is 6.68. The molecule has 2 nitrogen and oxygen atoms in total. The molecule has 0 aromatic heterocycles. The minimum absolute atomic E-state index is 0.408. The van der Waals surface area contributed by atoms with Gasteiger partial charge in [-0.3, -0.25) is 4.79 Å². The Balaban J connectivity index is 2.30. The van der Waals surface area contributed by atoms with Crippen LogP contribution in [-0.2, 0) is 11.2 Å². The van der Waals surface area contributed by atoms with Crippen LogP contribution in [0.25, 0.3) is 0 Å². The van der Waals surface area contributed by atoms with Crippen LogP contribution in [0, 0.1) is 5.92 Å². The molecular weight excluding hydrogens is 222 g/mol. The van der Waals surface area contributed by atoms with Crippen LogP contribution in [0.15, 0.2) is 36.5 Å². The number of aldehydes is 1. The van der Waals surface area contributed by atoms with E-state index in [4.69, 9.17) is 0 Å². The van der Waals surface area contributed by atoms with Crippen molar-refractivity contribution in [3.63, 3.8) is 0 Å². The number of fused-ring (bicyclic) bond motifs is 1. The summed E-state index contributed by atoms with van der Waals surface area (Å²) in [7, 11) is 0. The molecule has 18 heavy (non-hydrogen) atoms. The fourth-order valence-corrected chi connectivity index (χ4v) is 2.70. The molecule has 0 amide bonds. The second-order valence-corrected chi connectivity index (χ2v) is 5.31. The summed E-state index contributed by atoms with van der Waals surface area (Å²) in [6.45, 7) is 5.50. The number of carbonyl (C=O) groups excluding carboxylic acids is 1. The maximum Gasteiger partial charge on any atom is 0.144 e. The monoisotopic (exact) mass is 243 g/mol. The highest BCUT2D eigenvalue weighted by Gasteiger charge is 2.25. The third kappa shape index (κ3) is 2.81. The fourth-order valence-electron chi connectivity index (χ4n) is 2.70. The number of benzene rings is 1. The zero-order valence-corrected chi connectivity index (χ0v) is 11.2. The third-order valence-corrected chi connectivity index (χ3v) is 3.50. The van der Waals surface area contributed by atoms with Gasteiger partial charge >= 0.3 is 0 Å². The number of nitrogens with zero attached hydrogens (tertiary/aromatic N) is 1. The molecule has 0 bridgehead atoms. The maximum absolute atomic E-state index is 10.5. The summed E-state index contributed by atoms with van der Waals surface area (Å²) >= 11 is 0. The van der Waals surface area contributed by atoms with Crippen molar-refractivity contribution in [1.82, 2.24) is 4.90 Å². The van der Waals surface area contributed by atoms with E-state index in [1.165, 1.54) is 11.1 Å². The first-order chi connectivity index (χ1) is 8.72. The summed E-state index contributed by atoms with van der Waals surface area (Å²) in [5.41, 5.74) is 2.88. The van der Waals surface area contributed by atoms with Crippen LogP contribution in [-0.4, -0.2) is 17.7 Å². The summed E-state index contributed by atoms with van der Waals surface area (Å²) in [5, 5.41) is 0. The second-order valence-electron chi connectivity index (χ2n) is 5.31. The Bertz CT molecular complexity index is 436. The second kappa shape index (κ2) is 5.85. The fraction of sp³-hybridized carbons (Fsp3) is 0.438. The van der Waals surface area contributed by atoms with E-state index >= 15 is 0 Å². The number of hydrogen-bond donors (Lipinski definition) is 0. The van der Waals surface area contributed by atoms with Gasteiger partial charge in [0.25, 0.3) is 0 Å². The van der Waals surface area contributed by atoms with Gasteiger partial charge in [-0.25, -0.2) is 0 Å². The molecule has 1 atom stereocenters. The molecule has 2 heteroatoms. The topological polar surface area (TPSA) is 20.3 Å². The smallest absolute Gasteiger partial charge is 0.144 e. The summed E-state index contributed by atoms with van der Waals surface area (Å²) in [6, 6.07) is 9.08. The van der Waals surface area contributed by atoms with Gasteiger partial charge in [0.05, 0.1) is 6.04 Å². The molecule has 2 rings (SSSR count). The number of hydrogen-bond acceptors (Lipinski definition) is 2. The van der Waals surface area contributed by atoms with Crippen molar-refractivity contribution in [3.05, 3.63) is 47.7 Å². The number of allylic oxidation sites excluding steroid dienone is 1. The lowest BCUT2D eigenvalue weighted by Crippen LogP contribution is -2.32. The molecule has 0 saturated heterocycles. The molecule has 0 fully saturated rings. The molecule has 1 unspecified atom stereocenters. The van der Waals surface area contributed by atoms with Crippen LogP contribution < -0.4 is 0 Å². The van der Waals surface area contributed by atoms with E-state index < -0.39 is 0 Å². The normalized spacial score (nSPS) is 19.3. The van der Waals surface area contributed by atoms with E-state index in [0.717, 1.165) is 25.7 Å². The minimum atomic E-state index is 0.408. The van der Waals surface area contributed by atoms with Gasteiger partial charge in [0, 0.05) is 12.7 Å².